The Morgan fingerprint density at radius 2 is 0.951 bits per heavy atom. The first kappa shape index (κ1) is 24.0. The van der Waals surface area contributed by atoms with E-state index >= 15 is 0 Å². The highest BCUT2D eigenvalue weighted by atomic mass is 14.9. The topological polar surface area (TPSA) is 12.0 Å². The van der Waals surface area contributed by atoms with E-state index in [9.17, 15) is 0 Å². The fourth-order valence-electron chi connectivity index (χ4n) is 7.65. The number of rotatable bonds is 4. The van der Waals surface area contributed by atoms with Crippen molar-refractivity contribution in [1.29, 1.82) is 0 Å². The second-order valence-electron chi connectivity index (χ2n) is 11.8. The van der Waals surface area contributed by atoms with Crippen LogP contribution >= 0.6 is 0 Å². The van der Waals surface area contributed by atoms with Crippen molar-refractivity contribution >= 4 is 11.4 Å². The highest BCUT2D eigenvalue weighted by molar-refractivity contribution is 5.88. The first-order chi connectivity index (χ1) is 20.1. The third-order valence-corrected chi connectivity index (χ3v) is 9.31. The Balaban J connectivity index is 1.32. The van der Waals surface area contributed by atoms with Crippen molar-refractivity contribution in [3.05, 3.63) is 179 Å². The summed E-state index contributed by atoms with van der Waals surface area (Å²) in [6.45, 7) is 4.69. The molecule has 1 N–H and O–H groups in total. The van der Waals surface area contributed by atoms with E-state index < -0.39 is 5.41 Å². The molecule has 0 amide bonds. The third kappa shape index (κ3) is 3.30. The molecular weight excluding hydrogens is 494 g/mol. The lowest BCUT2D eigenvalue weighted by Crippen LogP contribution is -2.28. The van der Waals surface area contributed by atoms with E-state index in [2.05, 4.69) is 165 Å². The standard InChI is InChI=1S/C40H31N/c1-39(2)34-22-9-6-20-32(34)33-21-13-25-37(38(33)39)41-29-17-12-16-28(26-29)40(27-14-4-3-5-15-27)35-23-10-7-18-30(35)31-19-8-11-24-36(31)40/h3-26,41H,1-2H3. The Kier molecular flexibility index (Phi) is 5.15. The fraction of sp³-hybridized carbons (Fsp3) is 0.100. The first-order valence-electron chi connectivity index (χ1n) is 14.5. The smallest absolute Gasteiger partial charge is 0.0714 e. The van der Waals surface area contributed by atoms with Gasteiger partial charge in [0.25, 0.3) is 0 Å². The van der Waals surface area contributed by atoms with Crippen LogP contribution in [-0.4, -0.2) is 0 Å². The zero-order chi connectivity index (χ0) is 27.6. The maximum absolute atomic E-state index is 3.88. The van der Waals surface area contributed by atoms with Crippen molar-refractivity contribution in [3.8, 4) is 22.3 Å². The molecule has 0 aromatic heterocycles. The summed E-state index contributed by atoms with van der Waals surface area (Å²) in [4.78, 5) is 0. The van der Waals surface area contributed by atoms with Crippen LogP contribution in [0.5, 0.6) is 0 Å². The molecule has 0 saturated carbocycles. The number of hydrogen-bond acceptors (Lipinski definition) is 1. The largest absolute Gasteiger partial charge is 0.355 e. The summed E-state index contributed by atoms with van der Waals surface area (Å²) >= 11 is 0. The molecule has 0 saturated heterocycles. The molecule has 0 unspecified atom stereocenters. The molecular formula is C40H31N. The van der Waals surface area contributed by atoms with Gasteiger partial charge in [0.15, 0.2) is 0 Å². The number of hydrogen-bond donors (Lipinski definition) is 1. The van der Waals surface area contributed by atoms with Crippen LogP contribution in [-0.2, 0) is 10.8 Å². The molecule has 6 aromatic carbocycles. The van der Waals surface area contributed by atoms with Gasteiger partial charge in [-0.05, 0) is 73.8 Å². The van der Waals surface area contributed by atoms with E-state index in [0.29, 0.717) is 0 Å². The number of benzene rings is 6. The monoisotopic (exact) mass is 525 g/mol. The molecule has 1 nitrogen and oxygen atoms in total. The van der Waals surface area contributed by atoms with Crippen LogP contribution in [0.2, 0.25) is 0 Å². The summed E-state index contributed by atoms with van der Waals surface area (Å²) in [5, 5.41) is 3.88. The van der Waals surface area contributed by atoms with Crippen molar-refractivity contribution in [2.45, 2.75) is 24.7 Å². The first-order valence-corrected chi connectivity index (χ1v) is 14.5. The van der Waals surface area contributed by atoms with E-state index in [0.717, 1.165) is 5.69 Å². The van der Waals surface area contributed by atoms with Crippen LogP contribution < -0.4 is 5.32 Å². The fourth-order valence-corrected chi connectivity index (χ4v) is 7.65. The normalized spacial score (nSPS) is 15.0. The summed E-state index contributed by atoms with van der Waals surface area (Å²) in [6.07, 6.45) is 0. The summed E-state index contributed by atoms with van der Waals surface area (Å²) in [5.74, 6) is 0. The number of anilines is 2. The minimum absolute atomic E-state index is 0.0816. The average Bonchev–Trinajstić information content (AvgIpc) is 3.45. The van der Waals surface area contributed by atoms with Crippen LogP contribution in [0.15, 0.2) is 146 Å². The van der Waals surface area contributed by atoms with E-state index in [-0.39, 0.29) is 5.41 Å². The van der Waals surface area contributed by atoms with Gasteiger partial charge < -0.3 is 5.32 Å². The molecule has 0 atom stereocenters. The second-order valence-corrected chi connectivity index (χ2v) is 11.8. The van der Waals surface area contributed by atoms with E-state index in [4.69, 9.17) is 0 Å². The quantitative estimate of drug-likeness (QED) is 0.241. The zero-order valence-corrected chi connectivity index (χ0v) is 23.4. The molecule has 196 valence electrons. The molecule has 2 aliphatic carbocycles. The van der Waals surface area contributed by atoms with Gasteiger partial charge >= 0.3 is 0 Å². The van der Waals surface area contributed by atoms with E-state index in [1.165, 1.54) is 61.3 Å². The molecule has 0 radical (unpaired) electrons. The van der Waals surface area contributed by atoms with Crippen LogP contribution in [0, 0.1) is 0 Å². The predicted molar refractivity (Wildman–Crippen MR) is 171 cm³/mol. The van der Waals surface area contributed by atoms with Crippen molar-refractivity contribution in [1.82, 2.24) is 0 Å². The van der Waals surface area contributed by atoms with Crippen molar-refractivity contribution in [2.24, 2.45) is 0 Å². The Labute approximate surface area is 242 Å². The van der Waals surface area contributed by atoms with Gasteiger partial charge in [0.1, 0.15) is 0 Å². The van der Waals surface area contributed by atoms with Crippen LogP contribution in [0.4, 0.5) is 11.4 Å². The number of nitrogens with one attached hydrogen (secondary N) is 1. The Bertz CT molecular complexity index is 1900. The van der Waals surface area contributed by atoms with Crippen molar-refractivity contribution in [3.63, 3.8) is 0 Å². The molecule has 2 aliphatic rings. The number of fused-ring (bicyclic) bond motifs is 6. The SMILES string of the molecule is CC1(C)c2ccccc2-c2cccc(Nc3cccc(C4(c5ccccc5)c5ccccc5-c5ccccc54)c3)c21. The van der Waals surface area contributed by atoms with Gasteiger partial charge in [0, 0.05) is 16.8 Å². The highest BCUT2D eigenvalue weighted by Crippen LogP contribution is 2.56. The predicted octanol–water partition coefficient (Wildman–Crippen LogP) is 10.1. The molecule has 0 aliphatic heterocycles. The average molecular weight is 526 g/mol. The molecule has 0 bridgehead atoms. The van der Waals surface area contributed by atoms with Gasteiger partial charge in [-0.25, -0.2) is 0 Å². The molecule has 0 fully saturated rings. The maximum atomic E-state index is 3.88. The lowest BCUT2D eigenvalue weighted by molar-refractivity contribution is 0.662. The summed E-state index contributed by atoms with van der Waals surface area (Å²) in [6, 6.07) is 53.4. The summed E-state index contributed by atoms with van der Waals surface area (Å²) in [7, 11) is 0. The van der Waals surface area contributed by atoms with Gasteiger partial charge in [-0.15, -0.1) is 0 Å². The molecule has 1 heteroatoms. The summed E-state index contributed by atoms with van der Waals surface area (Å²) in [5.41, 5.74) is 15.0. The Hall–Kier alpha value is -4.88. The Morgan fingerprint density at radius 1 is 0.439 bits per heavy atom. The Morgan fingerprint density at radius 3 is 1.63 bits per heavy atom. The summed E-state index contributed by atoms with van der Waals surface area (Å²) < 4.78 is 0. The maximum Gasteiger partial charge on any atom is 0.0714 e. The van der Waals surface area contributed by atoms with Crippen molar-refractivity contribution < 1.29 is 0 Å². The molecule has 6 aromatic rings. The zero-order valence-electron chi connectivity index (χ0n) is 23.4. The second kappa shape index (κ2) is 8.81. The lowest BCUT2D eigenvalue weighted by Gasteiger charge is -2.34. The molecule has 8 rings (SSSR count). The van der Waals surface area contributed by atoms with Gasteiger partial charge in [0.05, 0.1) is 5.41 Å². The van der Waals surface area contributed by atoms with Crippen LogP contribution in [0.1, 0.15) is 47.2 Å². The van der Waals surface area contributed by atoms with Crippen LogP contribution in [0.25, 0.3) is 22.3 Å². The van der Waals surface area contributed by atoms with E-state index in [1.54, 1.807) is 0 Å². The van der Waals surface area contributed by atoms with Gasteiger partial charge in [0.2, 0.25) is 0 Å². The van der Waals surface area contributed by atoms with Crippen molar-refractivity contribution in [2.75, 3.05) is 5.32 Å². The minimum atomic E-state index is -0.403. The van der Waals surface area contributed by atoms with Gasteiger partial charge in [-0.3, -0.25) is 0 Å². The minimum Gasteiger partial charge on any atom is -0.355 e. The highest BCUT2D eigenvalue weighted by Gasteiger charge is 2.46. The van der Waals surface area contributed by atoms with Gasteiger partial charge in [-0.2, -0.15) is 0 Å². The van der Waals surface area contributed by atoms with E-state index in [1.807, 2.05) is 0 Å². The molecule has 41 heavy (non-hydrogen) atoms. The lowest BCUT2D eigenvalue weighted by atomic mass is 9.67. The van der Waals surface area contributed by atoms with Gasteiger partial charge in [-0.1, -0.05) is 141 Å². The van der Waals surface area contributed by atoms with Crippen LogP contribution in [0.3, 0.4) is 0 Å². The third-order valence-electron chi connectivity index (χ3n) is 9.31. The molecule has 0 spiro atoms. The molecule has 0 heterocycles.